The van der Waals surface area contributed by atoms with Crippen molar-refractivity contribution >= 4 is 5.91 Å². The molecule has 0 aromatic heterocycles. The lowest BCUT2D eigenvalue weighted by atomic mass is 10.1. The number of hydrogen-bond acceptors (Lipinski definition) is 3. The fourth-order valence-electron chi connectivity index (χ4n) is 1.26. The summed E-state index contributed by atoms with van der Waals surface area (Å²) in [6, 6.07) is 0. The van der Waals surface area contributed by atoms with Crippen LogP contribution in [0, 0.1) is 0 Å². The Labute approximate surface area is 86.4 Å². The quantitative estimate of drug-likeness (QED) is 0.592. The van der Waals surface area contributed by atoms with Crippen LogP contribution in [0.25, 0.3) is 0 Å². The van der Waals surface area contributed by atoms with Crippen molar-refractivity contribution in [3.8, 4) is 0 Å². The van der Waals surface area contributed by atoms with E-state index in [0.29, 0.717) is 13.0 Å². The van der Waals surface area contributed by atoms with Crippen molar-refractivity contribution in [2.45, 2.75) is 32.2 Å². The molecule has 0 heterocycles. The Morgan fingerprint density at radius 2 is 2.07 bits per heavy atom. The molecule has 0 aromatic rings. The van der Waals surface area contributed by atoms with Crippen molar-refractivity contribution in [3.05, 3.63) is 0 Å². The SMILES string of the molecule is CNCCCC(=O)NC(C)(C)COC. The van der Waals surface area contributed by atoms with E-state index >= 15 is 0 Å². The first-order valence-corrected chi connectivity index (χ1v) is 4.96. The lowest BCUT2D eigenvalue weighted by Crippen LogP contribution is -2.46. The Kier molecular flexibility index (Phi) is 6.49. The average Bonchev–Trinajstić information content (AvgIpc) is 2.03. The molecular formula is C10H22N2O2. The molecule has 4 nitrogen and oxygen atoms in total. The monoisotopic (exact) mass is 202 g/mol. The molecule has 0 spiro atoms. The highest BCUT2D eigenvalue weighted by Gasteiger charge is 2.19. The van der Waals surface area contributed by atoms with E-state index in [4.69, 9.17) is 4.74 Å². The van der Waals surface area contributed by atoms with E-state index in [0.717, 1.165) is 13.0 Å². The van der Waals surface area contributed by atoms with Gasteiger partial charge in [-0.1, -0.05) is 0 Å². The summed E-state index contributed by atoms with van der Waals surface area (Å²) in [4.78, 5) is 11.4. The summed E-state index contributed by atoms with van der Waals surface area (Å²) in [6.07, 6.45) is 1.43. The molecule has 0 rings (SSSR count). The normalized spacial score (nSPS) is 11.4. The van der Waals surface area contributed by atoms with Crippen LogP contribution in [0.2, 0.25) is 0 Å². The first-order valence-electron chi connectivity index (χ1n) is 4.96. The zero-order valence-corrected chi connectivity index (χ0v) is 9.64. The van der Waals surface area contributed by atoms with Crippen LogP contribution in [0.5, 0.6) is 0 Å². The molecule has 2 N–H and O–H groups in total. The average molecular weight is 202 g/mol. The van der Waals surface area contributed by atoms with Crippen LogP contribution in [-0.2, 0) is 9.53 Å². The fourth-order valence-corrected chi connectivity index (χ4v) is 1.26. The maximum absolute atomic E-state index is 11.4. The summed E-state index contributed by atoms with van der Waals surface area (Å²) in [5.41, 5.74) is -0.272. The molecule has 0 radical (unpaired) electrons. The Morgan fingerprint density at radius 3 is 2.57 bits per heavy atom. The predicted molar refractivity (Wildman–Crippen MR) is 57.3 cm³/mol. The van der Waals surface area contributed by atoms with Crippen molar-refractivity contribution in [2.24, 2.45) is 0 Å². The number of ether oxygens (including phenoxy) is 1. The van der Waals surface area contributed by atoms with E-state index in [-0.39, 0.29) is 11.4 Å². The van der Waals surface area contributed by atoms with Crippen LogP contribution < -0.4 is 10.6 Å². The fraction of sp³-hybridized carbons (Fsp3) is 0.900. The molecular weight excluding hydrogens is 180 g/mol. The molecule has 0 aliphatic rings. The van der Waals surface area contributed by atoms with Gasteiger partial charge in [0, 0.05) is 13.5 Å². The van der Waals surface area contributed by atoms with Crippen LogP contribution in [0.15, 0.2) is 0 Å². The second-order valence-electron chi connectivity index (χ2n) is 4.07. The van der Waals surface area contributed by atoms with E-state index < -0.39 is 0 Å². The van der Waals surface area contributed by atoms with Gasteiger partial charge in [-0.25, -0.2) is 0 Å². The second-order valence-corrected chi connectivity index (χ2v) is 4.07. The van der Waals surface area contributed by atoms with Crippen molar-refractivity contribution in [1.29, 1.82) is 0 Å². The first kappa shape index (κ1) is 13.4. The molecule has 0 bridgehead atoms. The molecule has 0 aliphatic heterocycles. The minimum Gasteiger partial charge on any atom is -0.382 e. The number of rotatable bonds is 7. The van der Waals surface area contributed by atoms with E-state index in [1.807, 2.05) is 20.9 Å². The van der Waals surface area contributed by atoms with Gasteiger partial charge in [0.2, 0.25) is 5.91 Å². The zero-order chi connectivity index (χ0) is 11.0. The standard InChI is InChI=1S/C10H22N2O2/c1-10(2,8-14-4)12-9(13)6-5-7-11-3/h11H,5-8H2,1-4H3,(H,12,13). The lowest BCUT2D eigenvalue weighted by Gasteiger charge is -2.25. The van der Waals surface area contributed by atoms with Gasteiger partial charge in [-0.05, 0) is 33.9 Å². The Morgan fingerprint density at radius 1 is 1.43 bits per heavy atom. The predicted octanol–water partition coefficient (Wildman–Crippen LogP) is 0.527. The minimum atomic E-state index is -0.272. The van der Waals surface area contributed by atoms with E-state index in [1.165, 1.54) is 0 Å². The van der Waals surface area contributed by atoms with Crippen LogP contribution in [0.1, 0.15) is 26.7 Å². The third kappa shape index (κ3) is 6.86. The summed E-state index contributed by atoms with van der Waals surface area (Å²) < 4.78 is 5.01. The summed E-state index contributed by atoms with van der Waals surface area (Å²) >= 11 is 0. The minimum absolute atomic E-state index is 0.0855. The van der Waals surface area contributed by atoms with Crippen LogP contribution in [-0.4, -0.2) is 38.8 Å². The summed E-state index contributed by atoms with van der Waals surface area (Å²) in [6.45, 7) is 5.31. The molecule has 0 unspecified atom stereocenters. The summed E-state index contributed by atoms with van der Waals surface area (Å²) in [5, 5.41) is 5.93. The van der Waals surface area contributed by atoms with Crippen LogP contribution in [0.3, 0.4) is 0 Å². The second kappa shape index (κ2) is 6.79. The van der Waals surface area contributed by atoms with Crippen LogP contribution in [0.4, 0.5) is 0 Å². The number of carbonyl (C=O) groups excluding carboxylic acids is 1. The van der Waals surface area contributed by atoms with Crippen molar-refractivity contribution < 1.29 is 9.53 Å². The number of amides is 1. The largest absolute Gasteiger partial charge is 0.382 e. The highest BCUT2D eigenvalue weighted by Crippen LogP contribution is 2.02. The van der Waals surface area contributed by atoms with Gasteiger partial charge in [-0.15, -0.1) is 0 Å². The number of hydrogen-bond donors (Lipinski definition) is 2. The first-order chi connectivity index (χ1) is 6.52. The molecule has 0 atom stereocenters. The van der Waals surface area contributed by atoms with Gasteiger partial charge in [0.15, 0.2) is 0 Å². The number of methoxy groups -OCH3 is 1. The maximum atomic E-state index is 11.4. The summed E-state index contributed by atoms with van der Waals surface area (Å²) in [7, 11) is 3.52. The Bertz CT molecular complexity index is 170. The van der Waals surface area contributed by atoms with Crippen molar-refractivity contribution in [3.63, 3.8) is 0 Å². The van der Waals surface area contributed by atoms with E-state index in [2.05, 4.69) is 10.6 Å². The molecule has 0 aromatic carbocycles. The molecule has 14 heavy (non-hydrogen) atoms. The van der Waals surface area contributed by atoms with Gasteiger partial charge in [0.25, 0.3) is 0 Å². The number of nitrogens with one attached hydrogen (secondary N) is 2. The zero-order valence-electron chi connectivity index (χ0n) is 9.64. The van der Waals surface area contributed by atoms with E-state index in [1.54, 1.807) is 7.11 Å². The maximum Gasteiger partial charge on any atom is 0.220 e. The molecule has 0 saturated heterocycles. The molecule has 0 fully saturated rings. The topological polar surface area (TPSA) is 50.4 Å². The molecule has 0 aliphatic carbocycles. The number of carbonyl (C=O) groups is 1. The van der Waals surface area contributed by atoms with Gasteiger partial charge in [0.1, 0.15) is 0 Å². The smallest absolute Gasteiger partial charge is 0.220 e. The van der Waals surface area contributed by atoms with Gasteiger partial charge >= 0.3 is 0 Å². The molecule has 0 saturated carbocycles. The third-order valence-corrected chi connectivity index (χ3v) is 1.81. The van der Waals surface area contributed by atoms with Gasteiger partial charge in [0.05, 0.1) is 12.1 Å². The Balaban J connectivity index is 3.69. The van der Waals surface area contributed by atoms with Gasteiger partial charge < -0.3 is 15.4 Å². The van der Waals surface area contributed by atoms with Crippen LogP contribution >= 0.6 is 0 Å². The highest BCUT2D eigenvalue weighted by molar-refractivity contribution is 5.76. The van der Waals surface area contributed by atoms with Crippen molar-refractivity contribution in [2.75, 3.05) is 27.3 Å². The molecule has 84 valence electrons. The van der Waals surface area contributed by atoms with Gasteiger partial charge in [-0.2, -0.15) is 0 Å². The molecule has 1 amide bonds. The lowest BCUT2D eigenvalue weighted by molar-refractivity contribution is -0.123. The summed E-state index contributed by atoms with van der Waals surface area (Å²) in [5.74, 6) is 0.0855. The van der Waals surface area contributed by atoms with Crippen molar-refractivity contribution in [1.82, 2.24) is 10.6 Å². The molecule has 4 heteroatoms. The Hall–Kier alpha value is -0.610. The third-order valence-electron chi connectivity index (χ3n) is 1.81. The van der Waals surface area contributed by atoms with E-state index in [9.17, 15) is 4.79 Å². The van der Waals surface area contributed by atoms with Gasteiger partial charge in [-0.3, -0.25) is 4.79 Å². The highest BCUT2D eigenvalue weighted by atomic mass is 16.5.